The molecule has 2 rings (SSSR count). The van der Waals surface area contributed by atoms with Gasteiger partial charge in [0.25, 0.3) is 0 Å². The van der Waals surface area contributed by atoms with E-state index in [1.165, 1.54) is 6.07 Å². The largest absolute Gasteiger partial charge is 0.309 e. The summed E-state index contributed by atoms with van der Waals surface area (Å²) in [6.45, 7) is 2.00. The summed E-state index contributed by atoms with van der Waals surface area (Å²) in [5, 5.41) is 3.25. The lowest BCUT2D eigenvalue weighted by Crippen LogP contribution is -2.17. The first kappa shape index (κ1) is 14.2. The van der Waals surface area contributed by atoms with E-state index in [9.17, 15) is 4.39 Å². The highest BCUT2D eigenvalue weighted by Gasteiger charge is 2.18. The van der Waals surface area contributed by atoms with Crippen LogP contribution in [0.25, 0.3) is 0 Å². The van der Waals surface area contributed by atoms with Crippen molar-refractivity contribution in [3.05, 3.63) is 54.3 Å². The average Bonchev–Trinajstić information content (AvgIpc) is 2.65. The van der Waals surface area contributed by atoms with Crippen molar-refractivity contribution < 1.29 is 4.39 Å². The van der Waals surface area contributed by atoms with Crippen molar-refractivity contribution >= 4 is 43.2 Å². The topological polar surface area (TPSA) is 12.0 Å². The molecule has 96 valence electrons. The molecule has 0 radical (unpaired) electrons. The van der Waals surface area contributed by atoms with E-state index < -0.39 is 0 Å². The maximum Gasteiger partial charge on any atom is 0.123 e. The Bertz CT molecular complexity index is 549. The van der Waals surface area contributed by atoms with Gasteiger partial charge in [-0.05, 0) is 75.2 Å². The van der Waals surface area contributed by atoms with Crippen LogP contribution in [0.1, 0.15) is 22.0 Å². The van der Waals surface area contributed by atoms with Crippen LogP contribution in [0.4, 0.5) is 4.39 Å². The molecule has 0 aliphatic rings. The molecule has 1 nitrogen and oxygen atoms in total. The summed E-state index contributed by atoms with van der Waals surface area (Å²) < 4.78 is 15.5. The third-order valence-corrected chi connectivity index (χ3v) is 6.11. The van der Waals surface area contributed by atoms with Gasteiger partial charge in [-0.3, -0.25) is 0 Å². The van der Waals surface area contributed by atoms with Crippen LogP contribution in [0.15, 0.2) is 32.5 Å². The Hall–Kier alpha value is -0.230. The van der Waals surface area contributed by atoms with E-state index in [2.05, 4.69) is 43.2 Å². The first-order valence-electron chi connectivity index (χ1n) is 5.41. The predicted molar refractivity (Wildman–Crippen MR) is 81.8 cm³/mol. The molecule has 5 heteroatoms. The third-order valence-electron chi connectivity index (χ3n) is 2.79. The van der Waals surface area contributed by atoms with E-state index in [0.29, 0.717) is 0 Å². The Morgan fingerprint density at radius 3 is 2.56 bits per heavy atom. The van der Waals surface area contributed by atoms with E-state index in [-0.39, 0.29) is 11.9 Å². The van der Waals surface area contributed by atoms with E-state index in [0.717, 1.165) is 24.3 Å². The Labute approximate surface area is 127 Å². The maximum atomic E-state index is 13.4. The summed E-state index contributed by atoms with van der Waals surface area (Å²) in [6.07, 6.45) is 0. The second kappa shape index (κ2) is 5.82. The van der Waals surface area contributed by atoms with Crippen molar-refractivity contribution in [1.29, 1.82) is 0 Å². The van der Waals surface area contributed by atoms with Crippen LogP contribution in [0.3, 0.4) is 0 Å². The SMILES string of the molecule is CNC(c1cc(Br)c(Br)s1)c1cc(F)ccc1C. The van der Waals surface area contributed by atoms with E-state index in [1.54, 1.807) is 17.4 Å². The molecule has 0 saturated heterocycles. The summed E-state index contributed by atoms with van der Waals surface area (Å²) in [5.74, 6) is -0.203. The normalized spacial score (nSPS) is 12.7. The molecule has 0 aliphatic carbocycles. The van der Waals surface area contributed by atoms with Crippen molar-refractivity contribution in [2.24, 2.45) is 0 Å². The van der Waals surface area contributed by atoms with Gasteiger partial charge < -0.3 is 5.32 Å². The molecule has 1 unspecified atom stereocenters. The summed E-state index contributed by atoms with van der Waals surface area (Å²) in [6, 6.07) is 6.96. The fourth-order valence-electron chi connectivity index (χ4n) is 1.88. The smallest absolute Gasteiger partial charge is 0.123 e. The minimum Gasteiger partial charge on any atom is -0.309 e. The van der Waals surface area contributed by atoms with Crippen LogP contribution in [-0.2, 0) is 0 Å². The van der Waals surface area contributed by atoms with Crippen LogP contribution in [0.5, 0.6) is 0 Å². The first-order chi connectivity index (χ1) is 8.52. The molecule has 0 fully saturated rings. The van der Waals surface area contributed by atoms with Gasteiger partial charge >= 0.3 is 0 Å². The molecule has 0 bridgehead atoms. The van der Waals surface area contributed by atoms with Gasteiger partial charge in [-0.1, -0.05) is 6.07 Å². The number of nitrogens with one attached hydrogen (secondary N) is 1. The Balaban J connectivity index is 2.48. The van der Waals surface area contributed by atoms with Crippen molar-refractivity contribution in [2.45, 2.75) is 13.0 Å². The molecule has 18 heavy (non-hydrogen) atoms. The highest BCUT2D eigenvalue weighted by atomic mass is 79.9. The minimum atomic E-state index is -0.203. The molecule has 1 N–H and O–H groups in total. The predicted octanol–water partition coefficient (Wildman–Crippen LogP) is 5.03. The summed E-state index contributed by atoms with van der Waals surface area (Å²) in [4.78, 5) is 1.14. The van der Waals surface area contributed by atoms with Crippen molar-refractivity contribution in [3.63, 3.8) is 0 Å². The number of hydrogen-bond donors (Lipinski definition) is 1. The number of aryl methyl sites for hydroxylation is 1. The van der Waals surface area contributed by atoms with Crippen LogP contribution < -0.4 is 5.32 Å². The molecule has 0 spiro atoms. The zero-order valence-corrected chi connectivity index (χ0v) is 13.9. The monoisotopic (exact) mass is 391 g/mol. The van der Waals surface area contributed by atoms with Crippen molar-refractivity contribution in [1.82, 2.24) is 5.32 Å². The van der Waals surface area contributed by atoms with Gasteiger partial charge in [0.2, 0.25) is 0 Å². The highest BCUT2D eigenvalue weighted by Crippen LogP contribution is 2.38. The van der Waals surface area contributed by atoms with Gasteiger partial charge in [0, 0.05) is 9.35 Å². The fourth-order valence-corrected chi connectivity index (χ4v) is 4.10. The van der Waals surface area contributed by atoms with Gasteiger partial charge in [0.15, 0.2) is 0 Å². The second-order valence-electron chi connectivity index (χ2n) is 3.99. The first-order valence-corrected chi connectivity index (χ1v) is 7.81. The van der Waals surface area contributed by atoms with Crippen molar-refractivity contribution in [2.75, 3.05) is 7.05 Å². The maximum absolute atomic E-state index is 13.4. The summed E-state index contributed by atoms with van der Waals surface area (Å²) >= 11 is 8.61. The quantitative estimate of drug-likeness (QED) is 0.772. The number of benzene rings is 1. The molecular formula is C13H12Br2FNS. The average molecular weight is 393 g/mol. The van der Waals surface area contributed by atoms with Gasteiger partial charge in [-0.25, -0.2) is 4.39 Å². The number of thiophene rings is 1. The Kier molecular flexibility index (Phi) is 4.59. The molecule has 0 aliphatic heterocycles. The molecule has 1 aromatic heterocycles. The number of rotatable bonds is 3. The lowest BCUT2D eigenvalue weighted by Gasteiger charge is -2.17. The zero-order chi connectivity index (χ0) is 13.3. The molecule has 1 aromatic carbocycles. The number of hydrogen-bond acceptors (Lipinski definition) is 2. The number of halogens is 3. The van der Waals surface area contributed by atoms with E-state index in [4.69, 9.17) is 0 Å². The van der Waals surface area contributed by atoms with Crippen LogP contribution >= 0.6 is 43.2 Å². The van der Waals surface area contributed by atoms with Crippen LogP contribution in [-0.4, -0.2) is 7.05 Å². The summed E-state index contributed by atoms with van der Waals surface area (Å²) in [7, 11) is 1.89. The van der Waals surface area contributed by atoms with Crippen LogP contribution in [0, 0.1) is 12.7 Å². The Morgan fingerprint density at radius 1 is 1.28 bits per heavy atom. The standard InChI is InChI=1S/C13H12Br2FNS/c1-7-3-4-8(16)5-9(7)12(17-2)11-6-10(14)13(15)18-11/h3-6,12,17H,1-2H3. The lowest BCUT2D eigenvalue weighted by atomic mass is 10.00. The molecule has 0 saturated carbocycles. The minimum absolute atomic E-state index is 0.00769. The molecule has 0 amide bonds. The van der Waals surface area contributed by atoms with E-state index in [1.807, 2.05) is 20.0 Å². The molecule has 1 heterocycles. The Morgan fingerprint density at radius 2 is 2.00 bits per heavy atom. The fraction of sp³-hybridized carbons (Fsp3) is 0.231. The highest BCUT2D eigenvalue weighted by molar-refractivity contribution is 9.13. The van der Waals surface area contributed by atoms with E-state index >= 15 is 0 Å². The summed E-state index contributed by atoms with van der Waals surface area (Å²) in [5.41, 5.74) is 2.05. The molecule has 2 aromatic rings. The van der Waals surface area contributed by atoms with Crippen LogP contribution in [0.2, 0.25) is 0 Å². The molecule has 1 atom stereocenters. The lowest BCUT2D eigenvalue weighted by molar-refractivity contribution is 0.616. The van der Waals surface area contributed by atoms with Crippen molar-refractivity contribution in [3.8, 4) is 0 Å². The van der Waals surface area contributed by atoms with Gasteiger partial charge in [0.1, 0.15) is 5.82 Å². The van der Waals surface area contributed by atoms with Gasteiger partial charge in [-0.2, -0.15) is 0 Å². The second-order valence-corrected chi connectivity index (χ2v) is 7.25. The third kappa shape index (κ3) is 2.85. The molecular weight excluding hydrogens is 381 g/mol. The van der Waals surface area contributed by atoms with Gasteiger partial charge in [-0.15, -0.1) is 11.3 Å². The van der Waals surface area contributed by atoms with Gasteiger partial charge in [0.05, 0.1) is 9.83 Å². The zero-order valence-electron chi connectivity index (χ0n) is 9.93.